The third-order valence-corrected chi connectivity index (χ3v) is 1.72. The van der Waals surface area contributed by atoms with Crippen LogP contribution in [0.4, 0.5) is 0 Å². The molecule has 0 amide bonds. The Hall–Kier alpha value is -1.62. The van der Waals surface area contributed by atoms with E-state index in [1.165, 1.54) is 23.0 Å². The molecule has 2 aromatic heterocycles. The second-order valence-electron chi connectivity index (χ2n) is 2.42. The number of fused-ring (bicyclic) bond motifs is 1. The van der Waals surface area contributed by atoms with Crippen LogP contribution in [0.15, 0.2) is 18.5 Å². The number of hydrogen-bond donors (Lipinski definition) is 1. The first-order chi connectivity index (χ1) is 6.16. The topological polar surface area (TPSA) is 67.5 Å². The van der Waals surface area contributed by atoms with Crippen molar-refractivity contribution >= 4 is 23.2 Å². The molecule has 0 aliphatic heterocycles. The molecule has 0 spiro atoms. The number of rotatable bonds is 1. The molecule has 66 valence electrons. The summed E-state index contributed by atoms with van der Waals surface area (Å²) >= 11 is 5.60. The molecule has 0 radical (unpaired) electrons. The molecule has 0 atom stereocenters. The Kier molecular flexibility index (Phi) is 1.66. The van der Waals surface area contributed by atoms with E-state index in [2.05, 4.69) is 10.1 Å². The van der Waals surface area contributed by atoms with E-state index in [0.717, 1.165) is 0 Å². The van der Waals surface area contributed by atoms with Gasteiger partial charge in [0, 0.05) is 0 Å². The second kappa shape index (κ2) is 2.70. The maximum atomic E-state index is 10.5. The van der Waals surface area contributed by atoms with Gasteiger partial charge in [0.15, 0.2) is 5.65 Å². The molecule has 0 aliphatic rings. The molecule has 2 heterocycles. The summed E-state index contributed by atoms with van der Waals surface area (Å²) in [5.74, 6) is -1.03. The zero-order chi connectivity index (χ0) is 9.42. The fourth-order valence-corrected chi connectivity index (χ4v) is 1.14. The van der Waals surface area contributed by atoms with Gasteiger partial charge in [0.2, 0.25) is 0 Å². The van der Waals surface area contributed by atoms with E-state index in [4.69, 9.17) is 16.7 Å². The van der Waals surface area contributed by atoms with Crippen LogP contribution in [0.3, 0.4) is 0 Å². The number of aromatic nitrogens is 3. The first-order valence-corrected chi connectivity index (χ1v) is 3.79. The molecule has 13 heavy (non-hydrogen) atoms. The van der Waals surface area contributed by atoms with Gasteiger partial charge in [0.25, 0.3) is 0 Å². The van der Waals surface area contributed by atoms with Gasteiger partial charge in [-0.3, -0.25) is 0 Å². The minimum atomic E-state index is -1.03. The lowest BCUT2D eigenvalue weighted by Gasteiger charge is -1.93. The fraction of sp³-hybridized carbons (Fsp3) is 0. The van der Waals surface area contributed by atoms with Gasteiger partial charge in [-0.05, 0) is 6.07 Å². The van der Waals surface area contributed by atoms with E-state index >= 15 is 0 Å². The van der Waals surface area contributed by atoms with Crippen molar-refractivity contribution in [2.75, 3.05) is 0 Å². The van der Waals surface area contributed by atoms with E-state index in [9.17, 15) is 4.79 Å². The van der Waals surface area contributed by atoms with Crippen LogP contribution in [-0.2, 0) is 0 Å². The highest BCUT2D eigenvalue weighted by atomic mass is 35.5. The molecule has 2 rings (SSSR count). The molecule has 1 N–H and O–H groups in total. The molecule has 0 unspecified atom stereocenters. The number of carboxylic acids is 1. The molecular formula is C7H4ClN3O2. The third kappa shape index (κ3) is 1.33. The lowest BCUT2D eigenvalue weighted by molar-refractivity contribution is 0.0696. The number of carbonyl (C=O) groups is 1. The molecule has 2 aromatic rings. The van der Waals surface area contributed by atoms with Crippen LogP contribution in [0.1, 0.15) is 10.4 Å². The quantitative estimate of drug-likeness (QED) is 0.743. The summed E-state index contributed by atoms with van der Waals surface area (Å²) in [6.07, 6.45) is 2.75. The zero-order valence-electron chi connectivity index (χ0n) is 6.31. The van der Waals surface area contributed by atoms with Gasteiger partial charge < -0.3 is 5.11 Å². The van der Waals surface area contributed by atoms with Crippen LogP contribution < -0.4 is 0 Å². The smallest absolute Gasteiger partial charge is 0.337 e. The van der Waals surface area contributed by atoms with Crippen molar-refractivity contribution in [2.45, 2.75) is 0 Å². The number of halogens is 1. The number of imidazole rings is 1. The van der Waals surface area contributed by atoms with Crippen LogP contribution >= 0.6 is 11.6 Å². The van der Waals surface area contributed by atoms with Crippen LogP contribution in [0.5, 0.6) is 0 Å². The van der Waals surface area contributed by atoms with Crippen LogP contribution in [-0.4, -0.2) is 25.7 Å². The van der Waals surface area contributed by atoms with Gasteiger partial charge in [-0.2, -0.15) is 5.10 Å². The van der Waals surface area contributed by atoms with E-state index in [-0.39, 0.29) is 10.7 Å². The minimum absolute atomic E-state index is 0.0924. The SMILES string of the molecule is O=C(O)c1cnn2cc(Cl)nc2c1. The standard InChI is InChI=1S/C7H4ClN3O2/c8-5-3-11-6(10-5)1-4(2-9-11)7(12)13/h1-3H,(H,12,13). The Bertz CT molecular complexity index is 480. The average molecular weight is 198 g/mol. The van der Waals surface area contributed by atoms with Gasteiger partial charge in [-0.25, -0.2) is 14.3 Å². The van der Waals surface area contributed by atoms with E-state index in [0.29, 0.717) is 5.65 Å². The number of nitrogens with zero attached hydrogens (tertiary/aromatic N) is 3. The maximum absolute atomic E-state index is 10.5. The highest BCUT2D eigenvalue weighted by molar-refractivity contribution is 6.29. The van der Waals surface area contributed by atoms with Gasteiger partial charge in [0.1, 0.15) is 5.15 Å². The highest BCUT2D eigenvalue weighted by Crippen LogP contribution is 2.09. The van der Waals surface area contributed by atoms with Crippen LogP contribution in [0.2, 0.25) is 5.15 Å². The summed E-state index contributed by atoms with van der Waals surface area (Å²) < 4.78 is 1.41. The molecule has 0 fully saturated rings. The van der Waals surface area contributed by atoms with Crippen molar-refractivity contribution in [2.24, 2.45) is 0 Å². The molecule has 0 saturated heterocycles. The second-order valence-corrected chi connectivity index (χ2v) is 2.80. The Morgan fingerprint density at radius 2 is 2.38 bits per heavy atom. The summed E-state index contributed by atoms with van der Waals surface area (Å²) in [5.41, 5.74) is 0.514. The minimum Gasteiger partial charge on any atom is -0.478 e. The zero-order valence-corrected chi connectivity index (χ0v) is 7.06. The molecule has 0 bridgehead atoms. The van der Waals surface area contributed by atoms with Crippen molar-refractivity contribution in [3.05, 3.63) is 29.2 Å². The van der Waals surface area contributed by atoms with Crippen molar-refractivity contribution in [1.29, 1.82) is 0 Å². The number of aromatic carboxylic acids is 1. The monoisotopic (exact) mass is 197 g/mol. The predicted octanol–water partition coefficient (Wildman–Crippen LogP) is 1.08. The first kappa shape index (κ1) is 8.00. The predicted molar refractivity (Wildman–Crippen MR) is 45.0 cm³/mol. The molecule has 5 nitrogen and oxygen atoms in total. The van der Waals surface area contributed by atoms with Gasteiger partial charge in [-0.1, -0.05) is 11.6 Å². The molecule has 0 aliphatic carbocycles. The van der Waals surface area contributed by atoms with Crippen molar-refractivity contribution in [3.8, 4) is 0 Å². The fourth-order valence-electron chi connectivity index (χ4n) is 0.965. The average Bonchev–Trinajstić information content (AvgIpc) is 2.42. The maximum Gasteiger partial charge on any atom is 0.337 e. The van der Waals surface area contributed by atoms with Crippen LogP contribution in [0, 0.1) is 0 Å². The Balaban J connectivity index is 2.67. The van der Waals surface area contributed by atoms with E-state index in [1.807, 2.05) is 0 Å². The summed E-state index contributed by atoms with van der Waals surface area (Å²) in [7, 11) is 0. The number of carboxylic acid groups (broad SMARTS) is 1. The van der Waals surface area contributed by atoms with Gasteiger partial charge in [-0.15, -0.1) is 0 Å². The largest absolute Gasteiger partial charge is 0.478 e. The number of hydrogen-bond acceptors (Lipinski definition) is 3. The Labute approximate surface area is 77.6 Å². The first-order valence-electron chi connectivity index (χ1n) is 3.41. The Morgan fingerprint density at radius 3 is 3.08 bits per heavy atom. The summed E-state index contributed by atoms with van der Waals surface area (Å²) in [4.78, 5) is 14.4. The van der Waals surface area contributed by atoms with E-state index < -0.39 is 5.97 Å². The van der Waals surface area contributed by atoms with Crippen LogP contribution in [0.25, 0.3) is 5.65 Å². The molecular weight excluding hydrogens is 194 g/mol. The van der Waals surface area contributed by atoms with Gasteiger partial charge in [0.05, 0.1) is 18.0 Å². The Morgan fingerprint density at radius 1 is 1.62 bits per heavy atom. The van der Waals surface area contributed by atoms with Gasteiger partial charge >= 0.3 is 5.97 Å². The third-order valence-electron chi connectivity index (χ3n) is 1.54. The van der Waals surface area contributed by atoms with E-state index in [1.54, 1.807) is 0 Å². The summed E-state index contributed by atoms with van der Waals surface area (Å²) in [6.45, 7) is 0. The molecule has 0 saturated carbocycles. The van der Waals surface area contributed by atoms with Crippen molar-refractivity contribution in [1.82, 2.24) is 14.6 Å². The lowest BCUT2D eigenvalue weighted by Crippen LogP contribution is -1.99. The molecule has 6 heteroatoms. The summed E-state index contributed by atoms with van der Waals surface area (Å²) in [5, 5.41) is 12.7. The lowest BCUT2D eigenvalue weighted by atomic mass is 10.3. The summed E-state index contributed by atoms with van der Waals surface area (Å²) in [6, 6.07) is 1.40. The normalized spacial score (nSPS) is 10.5. The van der Waals surface area contributed by atoms with Crippen molar-refractivity contribution < 1.29 is 9.90 Å². The molecule has 0 aromatic carbocycles. The highest BCUT2D eigenvalue weighted by Gasteiger charge is 2.06. The van der Waals surface area contributed by atoms with Crippen molar-refractivity contribution in [3.63, 3.8) is 0 Å².